The smallest absolute Gasteiger partial charge is 0.165 e. The van der Waals surface area contributed by atoms with Crippen LogP contribution in [0.5, 0.6) is 0 Å². The summed E-state index contributed by atoms with van der Waals surface area (Å²) in [6.07, 6.45) is 13.6. The molecule has 0 radical (unpaired) electrons. The highest BCUT2D eigenvalue weighted by molar-refractivity contribution is 5.52. The zero-order chi connectivity index (χ0) is 13.2. The van der Waals surface area contributed by atoms with Gasteiger partial charge in [0.15, 0.2) is 12.3 Å². The summed E-state index contributed by atoms with van der Waals surface area (Å²) in [5.41, 5.74) is 0. The Morgan fingerprint density at radius 3 is 2.50 bits per heavy atom. The maximum atomic E-state index is 11.3. The molecule has 0 aromatic rings. The summed E-state index contributed by atoms with van der Waals surface area (Å²) in [6.45, 7) is 2.23. The van der Waals surface area contributed by atoms with Crippen molar-refractivity contribution in [3.63, 3.8) is 0 Å². The second-order valence-electron chi connectivity index (χ2n) is 5.57. The molecule has 1 heterocycles. The molecule has 0 amide bonds. The second-order valence-corrected chi connectivity index (χ2v) is 5.57. The predicted molar refractivity (Wildman–Crippen MR) is 75.9 cm³/mol. The number of rotatable bonds is 10. The van der Waals surface area contributed by atoms with Crippen molar-refractivity contribution >= 4 is 6.21 Å². The van der Waals surface area contributed by atoms with E-state index in [2.05, 4.69) is 6.92 Å². The molecular formula is C15H29NO2. The van der Waals surface area contributed by atoms with Crippen LogP contribution in [0.1, 0.15) is 77.6 Å². The van der Waals surface area contributed by atoms with Gasteiger partial charge in [0.05, 0.1) is 6.10 Å². The Balaban J connectivity index is 1.93. The normalized spacial score (nSPS) is 21.0. The van der Waals surface area contributed by atoms with Crippen molar-refractivity contribution < 1.29 is 9.85 Å². The number of nitrogens with zero attached hydrogens (tertiary/aromatic N) is 1. The van der Waals surface area contributed by atoms with Gasteiger partial charge in [-0.1, -0.05) is 51.9 Å². The standard InChI is InChI=1S/C15H29NO2/c1-2-3-4-5-6-7-8-11-15(17)13-14-10-9-12-16(14)18/h12,14-15,17H,2-11,13H2,1H3/t14-,15-/m0/s1. The molecule has 0 saturated heterocycles. The summed E-state index contributed by atoms with van der Waals surface area (Å²) in [4.78, 5) is 0. The van der Waals surface area contributed by atoms with Gasteiger partial charge in [-0.2, -0.15) is 0 Å². The summed E-state index contributed by atoms with van der Waals surface area (Å²) < 4.78 is 1.04. The molecule has 2 atom stereocenters. The highest BCUT2D eigenvalue weighted by Gasteiger charge is 2.24. The van der Waals surface area contributed by atoms with E-state index in [1.807, 2.05) is 0 Å². The number of hydrogen-bond acceptors (Lipinski definition) is 2. The SMILES string of the molecule is CCCCCCCCC[C@H](O)C[C@@H]1CCC=[N+]1[O-]. The van der Waals surface area contributed by atoms with Crippen LogP contribution in [0, 0.1) is 5.21 Å². The largest absolute Gasteiger partial charge is 0.624 e. The zero-order valence-corrected chi connectivity index (χ0v) is 11.8. The number of unbranched alkanes of at least 4 members (excludes halogenated alkanes) is 6. The van der Waals surface area contributed by atoms with Gasteiger partial charge in [-0.05, 0) is 6.42 Å². The van der Waals surface area contributed by atoms with Gasteiger partial charge in [0.1, 0.15) is 0 Å². The van der Waals surface area contributed by atoms with Crippen molar-refractivity contribution in [1.82, 2.24) is 0 Å². The van der Waals surface area contributed by atoms with E-state index in [1.165, 1.54) is 38.5 Å². The third-order valence-corrected chi connectivity index (χ3v) is 3.85. The van der Waals surface area contributed by atoms with Crippen LogP contribution >= 0.6 is 0 Å². The monoisotopic (exact) mass is 255 g/mol. The van der Waals surface area contributed by atoms with E-state index in [1.54, 1.807) is 6.21 Å². The topological polar surface area (TPSA) is 46.3 Å². The van der Waals surface area contributed by atoms with Gasteiger partial charge in [0.25, 0.3) is 0 Å². The molecular weight excluding hydrogens is 226 g/mol. The Hall–Kier alpha value is -0.570. The first-order chi connectivity index (χ1) is 8.74. The summed E-state index contributed by atoms with van der Waals surface area (Å²) in [6, 6.07) is 0.0320. The lowest BCUT2D eigenvalue weighted by Crippen LogP contribution is -2.23. The number of hydroxylamine groups is 1. The lowest BCUT2D eigenvalue weighted by Gasteiger charge is -2.15. The molecule has 3 heteroatoms. The number of aliphatic hydroxyl groups is 1. The van der Waals surface area contributed by atoms with Crippen LogP contribution in [0.3, 0.4) is 0 Å². The maximum absolute atomic E-state index is 11.3. The Kier molecular flexibility index (Phi) is 8.06. The minimum Gasteiger partial charge on any atom is -0.624 e. The minimum atomic E-state index is -0.284. The fourth-order valence-corrected chi connectivity index (χ4v) is 2.66. The first-order valence-corrected chi connectivity index (χ1v) is 7.71. The van der Waals surface area contributed by atoms with Crippen LogP contribution in [0.25, 0.3) is 0 Å². The molecule has 0 fully saturated rings. The van der Waals surface area contributed by atoms with Crippen LogP contribution in [0.15, 0.2) is 0 Å². The highest BCUT2D eigenvalue weighted by atomic mass is 16.5. The van der Waals surface area contributed by atoms with E-state index < -0.39 is 0 Å². The van der Waals surface area contributed by atoms with Gasteiger partial charge in [-0.15, -0.1) is 0 Å². The highest BCUT2D eigenvalue weighted by Crippen LogP contribution is 2.17. The molecule has 0 spiro atoms. The fraction of sp³-hybridized carbons (Fsp3) is 0.933. The van der Waals surface area contributed by atoms with E-state index in [9.17, 15) is 10.3 Å². The van der Waals surface area contributed by atoms with E-state index in [0.29, 0.717) is 6.42 Å². The summed E-state index contributed by atoms with van der Waals surface area (Å²) in [7, 11) is 0. The van der Waals surface area contributed by atoms with Crippen molar-refractivity contribution in [1.29, 1.82) is 0 Å². The molecule has 0 unspecified atom stereocenters. The molecule has 106 valence electrons. The van der Waals surface area contributed by atoms with Gasteiger partial charge in [0, 0.05) is 19.3 Å². The van der Waals surface area contributed by atoms with E-state index in [0.717, 1.165) is 30.4 Å². The van der Waals surface area contributed by atoms with Crippen molar-refractivity contribution in [2.24, 2.45) is 0 Å². The quantitative estimate of drug-likeness (QED) is 0.368. The molecule has 0 saturated carbocycles. The third kappa shape index (κ3) is 6.39. The average Bonchev–Trinajstić information content (AvgIpc) is 2.74. The van der Waals surface area contributed by atoms with Gasteiger partial charge in [-0.25, -0.2) is 4.74 Å². The van der Waals surface area contributed by atoms with Crippen LogP contribution in [-0.4, -0.2) is 28.2 Å². The molecule has 0 aliphatic carbocycles. The molecule has 1 aliphatic heterocycles. The third-order valence-electron chi connectivity index (χ3n) is 3.85. The van der Waals surface area contributed by atoms with Gasteiger partial charge >= 0.3 is 0 Å². The Morgan fingerprint density at radius 2 is 1.89 bits per heavy atom. The fourth-order valence-electron chi connectivity index (χ4n) is 2.66. The van der Waals surface area contributed by atoms with E-state index in [4.69, 9.17) is 0 Å². The van der Waals surface area contributed by atoms with Crippen LogP contribution in [-0.2, 0) is 0 Å². The van der Waals surface area contributed by atoms with Crippen molar-refractivity contribution in [3.8, 4) is 0 Å². The van der Waals surface area contributed by atoms with Crippen LogP contribution in [0.2, 0.25) is 0 Å². The summed E-state index contributed by atoms with van der Waals surface area (Å²) in [5, 5.41) is 21.2. The summed E-state index contributed by atoms with van der Waals surface area (Å²) >= 11 is 0. The molecule has 1 aliphatic rings. The molecule has 0 bridgehead atoms. The molecule has 18 heavy (non-hydrogen) atoms. The molecule has 3 nitrogen and oxygen atoms in total. The van der Waals surface area contributed by atoms with Gasteiger partial charge < -0.3 is 10.3 Å². The van der Waals surface area contributed by atoms with Crippen molar-refractivity contribution in [3.05, 3.63) is 5.21 Å². The lowest BCUT2D eigenvalue weighted by atomic mass is 10.0. The predicted octanol–water partition coefficient (Wildman–Crippen LogP) is 3.62. The van der Waals surface area contributed by atoms with Gasteiger partial charge in [-0.3, -0.25) is 0 Å². The first-order valence-electron chi connectivity index (χ1n) is 7.71. The molecule has 1 N–H and O–H groups in total. The Labute approximate surface area is 111 Å². The second kappa shape index (κ2) is 9.37. The minimum absolute atomic E-state index is 0.0320. The molecule has 0 aromatic carbocycles. The van der Waals surface area contributed by atoms with Crippen molar-refractivity contribution in [2.75, 3.05) is 0 Å². The number of hydrogen-bond donors (Lipinski definition) is 1. The van der Waals surface area contributed by atoms with Crippen LogP contribution < -0.4 is 0 Å². The lowest BCUT2D eigenvalue weighted by molar-refractivity contribution is -0.491. The molecule has 1 rings (SSSR count). The Bertz CT molecular complexity index is 241. The Morgan fingerprint density at radius 1 is 1.22 bits per heavy atom. The van der Waals surface area contributed by atoms with E-state index in [-0.39, 0.29) is 12.1 Å². The molecule has 0 aromatic heterocycles. The summed E-state index contributed by atoms with van der Waals surface area (Å²) in [5.74, 6) is 0. The maximum Gasteiger partial charge on any atom is 0.165 e. The average molecular weight is 255 g/mol. The van der Waals surface area contributed by atoms with Crippen LogP contribution in [0.4, 0.5) is 0 Å². The number of aliphatic hydroxyl groups excluding tert-OH is 1. The zero-order valence-electron chi connectivity index (χ0n) is 11.8. The first kappa shape index (κ1) is 15.5. The van der Waals surface area contributed by atoms with Gasteiger partial charge in [0.2, 0.25) is 0 Å². The van der Waals surface area contributed by atoms with Crippen molar-refractivity contribution in [2.45, 2.75) is 89.7 Å². The van der Waals surface area contributed by atoms with E-state index >= 15 is 0 Å².